The molecule has 5 heteroatoms. The first kappa shape index (κ1) is 20.2. The van der Waals surface area contributed by atoms with Crippen LogP contribution in [0.2, 0.25) is 0 Å². The summed E-state index contributed by atoms with van der Waals surface area (Å²) in [6, 6.07) is 0. The molecule has 0 fully saturated rings. The molecule has 1 aromatic rings. The van der Waals surface area contributed by atoms with Gasteiger partial charge in [0.15, 0.2) is 0 Å². The van der Waals surface area contributed by atoms with Crippen LogP contribution in [0.5, 0.6) is 0 Å². The van der Waals surface area contributed by atoms with Crippen LogP contribution in [-0.2, 0) is 0 Å². The van der Waals surface area contributed by atoms with Crippen LogP contribution in [0.25, 0.3) is 0 Å². The van der Waals surface area contributed by atoms with E-state index in [2.05, 4.69) is 54.1 Å². The minimum absolute atomic E-state index is 0.976. The number of hydrogen-bond acceptors (Lipinski definition) is 3. The minimum atomic E-state index is -0.976. The third-order valence-electron chi connectivity index (χ3n) is 4.03. The molecule has 0 spiro atoms. The van der Waals surface area contributed by atoms with Gasteiger partial charge in [-0.25, -0.2) is 5.10 Å². The topological polar surface area (TPSA) is 54.5 Å². The first-order chi connectivity index (χ1) is 10.2. The summed E-state index contributed by atoms with van der Waals surface area (Å²) >= 11 is 0. The maximum absolute atomic E-state index is 4.00. The van der Waals surface area contributed by atoms with E-state index in [-0.39, 0.29) is 0 Å². The molecule has 0 unspecified atom stereocenters. The van der Waals surface area contributed by atoms with Crippen molar-refractivity contribution in [1.29, 1.82) is 0 Å². The van der Waals surface area contributed by atoms with Gasteiger partial charge < -0.3 is 0 Å². The molecule has 0 aliphatic heterocycles. The predicted octanol–water partition coefficient (Wildman–Crippen LogP) is 4.52. The molecule has 4 nitrogen and oxygen atoms in total. The summed E-state index contributed by atoms with van der Waals surface area (Å²) in [6.45, 7) is 11.0. The molecule has 0 aliphatic carbocycles. The van der Waals surface area contributed by atoms with Crippen LogP contribution in [0, 0.1) is 0 Å². The summed E-state index contributed by atoms with van der Waals surface area (Å²) in [5.41, 5.74) is 0. The zero-order valence-electron chi connectivity index (χ0n) is 14.3. The Kier molecular flexibility index (Phi) is 13.7. The van der Waals surface area contributed by atoms with E-state index in [0.29, 0.717) is 0 Å². The van der Waals surface area contributed by atoms with Gasteiger partial charge in [0.2, 0.25) is 0 Å². The van der Waals surface area contributed by atoms with Crippen LogP contribution in [-0.4, -0.2) is 45.3 Å². The van der Waals surface area contributed by atoms with Crippen molar-refractivity contribution in [3.05, 3.63) is 19.0 Å². The average molecular weight is 314 g/mol. The van der Waals surface area contributed by atoms with Crippen LogP contribution in [0.1, 0.15) is 59.3 Å². The van der Waals surface area contributed by atoms with Crippen molar-refractivity contribution >= 4 is 7.26 Å². The van der Waals surface area contributed by atoms with Crippen molar-refractivity contribution in [2.75, 3.05) is 24.6 Å². The smallest absolute Gasteiger partial charge is 0.135 e. The van der Waals surface area contributed by atoms with Crippen molar-refractivity contribution < 1.29 is 0 Å². The SMILES string of the molecule is C=CC[PH](CCCC)(CCCC)CCCC.c1nnn[nH]1. The monoisotopic (exact) mass is 314 g/mol. The first-order valence-corrected chi connectivity index (χ1v) is 11.4. The molecule has 0 saturated carbocycles. The van der Waals surface area contributed by atoms with Gasteiger partial charge in [-0.15, -0.1) is 5.10 Å². The molecule has 0 bridgehead atoms. The molecular formula is C16H35N4P. The van der Waals surface area contributed by atoms with Crippen LogP contribution in [0.3, 0.4) is 0 Å². The normalized spacial score (nSPS) is 11.6. The Balaban J connectivity index is 0.000000662. The largest absolute Gasteiger partial charge is 0.246 e. The zero-order chi connectivity index (χ0) is 15.8. The maximum atomic E-state index is 4.00. The molecule has 0 atom stereocenters. The summed E-state index contributed by atoms with van der Waals surface area (Å²) in [6.07, 6.45) is 18.1. The van der Waals surface area contributed by atoms with Gasteiger partial charge in [-0.3, -0.25) is 0 Å². The number of allylic oxidation sites excluding steroid dienone is 1. The quantitative estimate of drug-likeness (QED) is 0.482. The minimum Gasteiger partial charge on any atom is -0.246 e. The fourth-order valence-electron chi connectivity index (χ4n) is 2.77. The van der Waals surface area contributed by atoms with Gasteiger partial charge in [0.25, 0.3) is 0 Å². The summed E-state index contributed by atoms with van der Waals surface area (Å²) in [5, 5.41) is 12.1. The van der Waals surface area contributed by atoms with E-state index in [1.807, 2.05) is 0 Å². The number of unbranched alkanes of at least 4 members (excludes halogenated alkanes) is 3. The predicted molar refractivity (Wildman–Crippen MR) is 96.9 cm³/mol. The molecule has 0 saturated heterocycles. The second kappa shape index (κ2) is 14.2. The van der Waals surface area contributed by atoms with E-state index in [0.717, 1.165) is 0 Å². The molecule has 1 heterocycles. The van der Waals surface area contributed by atoms with Gasteiger partial charge in [0, 0.05) is 0 Å². The molecule has 0 aromatic carbocycles. The fraction of sp³-hybridized carbons (Fsp3) is 0.812. The van der Waals surface area contributed by atoms with Crippen molar-refractivity contribution in [1.82, 2.24) is 20.6 Å². The Labute approximate surface area is 131 Å². The fourth-order valence-corrected chi connectivity index (χ4v) is 8.06. The van der Waals surface area contributed by atoms with E-state index in [4.69, 9.17) is 0 Å². The molecule has 1 aromatic heterocycles. The number of aromatic amines is 1. The molecule has 124 valence electrons. The second-order valence-electron chi connectivity index (χ2n) is 5.87. The molecule has 0 aliphatic rings. The first-order valence-electron chi connectivity index (χ1n) is 8.52. The standard InChI is InChI=1S/C15H33P.CH2N4/c1-5-9-13-16(12-8-4,14-10-6-2)15-11-7-3;1-2-4-5-3-1/h8,16H,4-7,9-15H2,1-3H3;1H,(H,2,3,4,5). The van der Waals surface area contributed by atoms with Crippen LogP contribution >= 0.6 is 7.26 Å². The van der Waals surface area contributed by atoms with Gasteiger partial charge in [0.05, 0.1) is 0 Å². The molecule has 0 amide bonds. The number of tetrazole rings is 1. The van der Waals surface area contributed by atoms with Crippen molar-refractivity contribution in [3.63, 3.8) is 0 Å². The Morgan fingerprint density at radius 3 is 1.76 bits per heavy atom. The summed E-state index contributed by atoms with van der Waals surface area (Å²) in [4.78, 5) is 0. The van der Waals surface area contributed by atoms with Crippen molar-refractivity contribution in [2.45, 2.75) is 59.3 Å². The molecule has 0 radical (unpaired) electrons. The molecule has 1 N–H and O–H groups in total. The zero-order valence-corrected chi connectivity index (χ0v) is 15.3. The third-order valence-corrected chi connectivity index (χ3v) is 9.43. The second-order valence-corrected chi connectivity index (χ2v) is 10.8. The number of nitrogens with zero attached hydrogens (tertiary/aromatic N) is 3. The van der Waals surface area contributed by atoms with Gasteiger partial charge in [0.1, 0.15) is 6.33 Å². The third kappa shape index (κ3) is 10.6. The van der Waals surface area contributed by atoms with E-state index < -0.39 is 7.26 Å². The number of aromatic nitrogens is 4. The summed E-state index contributed by atoms with van der Waals surface area (Å²) in [7, 11) is -0.976. The Morgan fingerprint density at radius 1 is 1.00 bits per heavy atom. The van der Waals surface area contributed by atoms with Gasteiger partial charge in [-0.1, -0.05) is 0 Å². The van der Waals surface area contributed by atoms with Crippen molar-refractivity contribution in [3.8, 4) is 0 Å². The van der Waals surface area contributed by atoms with E-state index in [9.17, 15) is 0 Å². The molecule has 21 heavy (non-hydrogen) atoms. The number of rotatable bonds is 11. The Hall–Kier alpha value is -0.760. The van der Waals surface area contributed by atoms with Crippen molar-refractivity contribution in [2.24, 2.45) is 0 Å². The van der Waals surface area contributed by atoms with Crippen LogP contribution in [0.4, 0.5) is 0 Å². The van der Waals surface area contributed by atoms with E-state index in [1.165, 1.54) is 51.0 Å². The Bertz CT molecular complexity index is 275. The molecular weight excluding hydrogens is 279 g/mol. The van der Waals surface area contributed by atoms with Gasteiger partial charge in [-0.05, 0) is 10.4 Å². The van der Waals surface area contributed by atoms with E-state index >= 15 is 0 Å². The maximum Gasteiger partial charge on any atom is 0.135 e. The molecule has 1 rings (SSSR count). The van der Waals surface area contributed by atoms with Gasteiger partial charge in [-0.2, -0.15) is 0 Å². The summed E-state index contributed by atoms with van der Waals surface area (Å²) < 4.78 is 0. The van der Waals surface area contributed by atoms with E-state index in [1.54, 1.807) is 18.5 Å². The Morgan fingerprint density at radius 2 is 1.52 bits per heavy atom. The average Bonchev–Trinajstić information content (AvgIpc) is 3.08. The number of H-pyrrole nitrogens is 1. The van der Waals surface area contributed by atoms with Crippen LogP contribution < -0.4 is 0 Å². The van der Waals surface area contributed by atoms with Gasteiger partial charge >= 0.3 is 104 Å². The number of hydrogen-bond donors (Lipinski definition) is 1. The number of nitrogens with one attached hydrogen (secondary N) is 1. The van der Waals surface area contributed by atoms with Crippen LogP contribution in [0.15, 0.2) is 19.0 Å². The summed E-state index contributed by atoms with van der Waals surface area (Å²) in [5.74, 6) is 0.